The minimum atomic E-state index is -3.67. The minimum Gasteiger partial charge on any atom is -0.381 e. The molecule has 2 aromatic rings. The maximum Gasteiger partial charge on any atom is 0.238 e. The van der Waals surface area contributed by atoms with Gasteiger partial charge in [-0.15, -0.1) is 0 Å². The Morgan fingerprint density at radius 2 is 1.59 bits per heavy atom. The fraction of sp³-hybridized carbons (Fsp3) is 0.333. The quantitative estimate of drug-likeness (QED) is 0.928. The Hall–Kier alpha value is -1.83. The van der Waals surface area contributed by atoms with Crippen molar-refractivity contribution in [1.29, 1.82) is 0 Å². The number of aromatic nitrogens is 2. The van der Waals surface area contributed by atoms with E-state index in [0.717, 1.165) is 43.0 Å². The van der Waals surface area contributed by atoms with Crippen LogP contribution in [0.2, 0.25) is 0 Å². The van der Waals surface area contributed by atoms with Crippen LogP contribution in [0.25, 0.3) is 11.1 Å². The van der Waals surface area contributed by atoms with Crippen molar-refractivity contribution in [1.82, 2.24) is 9.97 Å². The predicted octanol–water partition coefficient (Wildman–Crippen LogP) is 1.69. The summed E-state index contributed by atoms with van der Waals surface area (Å²) in [5.41, 5.74) is 1.70. The van der Waals surface area contributed by atoms with Gasteiger partial charge in [-0.3, -0.25) is 0 Å². The highest BCUT2D eigenvalue weighted by molar-refractivity contribution is 7.89. The van der Waals surface area contributed by atoms with Crippen molar-refractivity contribution in [2.45, 2.75) is 23.7 Å². The van der Waals surface area contributed by atoms with E-state index in [1.165, 1.54) is 12.1 Å². The number of benzene rings is 1. The highest BCUT2D eigenvalue weighted by Gasteiger charge is 2.18. The van der Waals surface area contributed by atoms with Gasteiger partial charge in [0.15, 0.2) is 0 Å². The normalized spacial score (nSPS) is 16.6. The molecule has 1 aromatic heterocycles. The molecular weight excluding hydrogens is 302 g/mol. The fourth-order valence-electron chi connectivity index (χ4n) is 2.49. The Bertz CT molecular complexity index is 737. The van der Waals surface area contributed by atoms with Gasteiger partial charge in [0.05, 0.1) is 4.90 Å². The van der Waals surface area contributed by atoms with Gasteiger partial charge in [0, 0.05) is 37.1 Å². The molecule has 6 nitrogen and oxygen atoms in total. The Morgan fingerprint density at radius 1 is 1.00 bits per heavy atom. The topological polar surface area (TPSA) is 95.2 Å². The van der Waals surface area contributed by atoms with Gasteiger partial charge in [-0.25, -0.2) is 23.5 Å². The first-order valence-corrected chi connectivity index (χ1v) is 8.61. The Kier molecular flexibility index (Phi) is 4.19. The Morgan fingerprint density at radius 3 is 2.14 bits per heavy atom. The summed E-state index contributed by atoms with van der Waals surface area (Å²) in [5, 5.41) is 5.09. The van der Waals surface area contributed by atoms with E-state index in [9.17, 15) is 8.42 Å². The summed E-state index contributed by atoms with van der Waals surface area (Å²) in [6.07, 6.45) is 5.43. The molecule has 0 amide bonds. The van der Waals surface area contributed by atoms with E-state index in [0.29, 0.717) is 5.92 Å². The molecule has 1 saturated heterocycles. The monoisotopic (exact) mass is 319 g/mol. The number of hydrogen-bond acceptors (Lipinski definition) is 5. The second-order valence-electron chi connectivity index (χ2n) is 5.29. The number of nitrogens with zero attached hydrogens (tertiary/aromatic N) is 2. The molecule has 0 radical (unpaired) electrons. The van der Waals surface area contributed by atoms with Crippen LogP contribution < -0.4 is 5.14 Å². The highest BCUT2D eigenvalue weighted by Crippen LogP contribution is 2.25. The molecule has 2 N–H and O–H groups in total. The van der Waals surface area contributed by atoms with Gasteiger partial charge in [0.25, 0.3) is 0 Å². The summed E-state index contributed by atoms with van der Waals surface area (Å²) in [5.74, 6) is 1.20. The Labute approximate surface area is 129 Å². The first-order chi connectivity index (χ1) is 10.5. The van der Waals surface area contributed by atoms with E-state index in [2.05, 4.69) is 9.97 Å². The number of ether oxygens (including phenoxy) is 1. The van der Waals surface area contributed by atoms with Crippen LogP contribution >= 0.6 is 0 Å². The van der Waals surface area contributed by atoms with Crippen LogP contribution in [0, 0.1) is 0 Å². The zero-order valence-electron chi connectivity index (χ0n) is 12.0. The molecular formula is C15H17N3O3S. The van der Waals surface area contributed by atoms with Gasteiger partial charge in [-0.1, -0.05) is 12.1 Å². The number of hydrogen-bond donors (Lipinski definition) is 1. The van der Waals surface area contributed by atoms with Gasteiger partial charge in [-0.2, -0.15) is 0 Å². The van der Waals surface area contributed by atoms with Crippen molar-refractivity contribution in [3.63, 3.8) is 0 Å². The molecule has 0 saturated carbocycles. The molecule has 7 heteroatoms. The van der Waals surface area contributed by atoms with Crippen molar-refractivity contribution >= 4 is 10.0 Å². The lowest BCUT2D eigenvalue weighted by Crippen LogP contribution is -2.16. The second kappa shape index (κ2) is 6.12. The average Bonchev–Trinajstić information content (AvgIpc) is 2.55. The molecule has 0 spiro atoms. The van der Waals surface area contributed by atoms with Gasteiger partial charge in [0.1, 0.15) is 5.82 Å². The lowest BCUT2D eigenvalue weighted by atomic mass is 9.99. The van der Waals surface area contributed by atoms with E-state index in [1.807, 2.05) is 0 Å². The van der Waals surface area contributed by atoms with E-state index in [4.69, 9.17) is 9.88 Å². The molecule has 1 aliphatic rings. The zero-order valence-corrected chi connectivity index (χ0v) is 12.8. The van der Waals surface area contributed by atoms with Crippen LogP contribution in [0.4, 0.5) is 0 Å². The van der Waals surface area contributed by atoms with Gasteiger partial charge < -0.3 is 4.74 Å². The molecule has 0 aliphatic carbocycles. The summed E-state index contributed by atoms with van der Waals surface area (Å²) >= 11 is 0. The first-order valence-electron chi connectivity index (χ1n) is 7.07. The lowest BCUT2D eigenvalue weighted by Gasteiger charge is -2.20. The number of primary sulfonamides is 1. The van der Waals surface area contributed by atoms with Gasteiger partial charge >= 0.3 is 0 Å². The molecule has 1 fully saturated rings. The molecule has 1 aliphatic heterocycles. The molecule has 22 heavy (non-hydrogen) atoms. The third kappa shape index (κ3) is 3.32. The molecule has 116 valence electrons. The summed E-state index contributed by atoms with van der Waals surface area (Å²) < 4.78 is 27.8. The van der Waals surface area contributed by atoms with Crippen LogP contribution in [0.5, 0.6) is 0 Å². The van der Waals surface area contributed by atoms with Crippen LogP contribution in [0.3, 0.4) is 0 Å². The number of nitrogens with two attached hydrogens (primary N) is 1. The highest BCUT2D eigenvalue weighted by atomic mass is 32.2. The molecule has 3 rings (SSSR count). The van der Waals surface area contributed by atoms with Crippen molar-refractivity contribution in [2.75, 3.05) is 13.2 Å². The lowest BCUT2D eigenvalue weighted by molar-refractivity contribution is 0.0836. The SMILES string of the molecule is NS(=O)(=O)c1ccc(-c2cnc(C3CCOCC3)nc2)cc1. The molecule has 0 unspecified atom stereocenters. The molecule has 0 bridgehead atoms. The summed E-state index contributed by atoms with van der Waals surface area (Å²) in [4.78, 5) is 8.97. The van der Waals surface area contributed by atoms with Gasteiger partial charge in [-0.05, 0) is 30.5 Å². The number of rotatable bonds is 3. The largest absolute Gasteiger partial charge is 0.381 e. The fourth-order valence-corrected chi connectivity index (χ4v) is 3.01. The van der Waals surface area contributed by atoms with Gasteiger partial charge in [0.2, 0.25) is 10.0 Å². The summed E-state index contributed by atoms with van der Waals surface area (Å²) in [6.45, 7) is 1.51. The molecule has 2 heterocycles. The smallest absolute Gasteiger partial charge is 0.238 e. The van der Waals surface area contributed by atoms with Crippen molar-refractivity contribution in [3.05, 3.63) is 42.5 Å². The third-order valence-corrected chi connectivity index (χ3v) is 4.70. The standard InChI is InChI=1S/C15H17N3O3S/c16-22(19,20)14-3-1-11(2-4-14)13-9-17-15(18-10-13)12-5-7-21-8-6-12/h1-4,9-10,12H,5-8H2,(H2,16,19,20). The second-order valence-corrected chi connectivity index (χ2v) is 6.85. The first kappa shape index (κ1) is 15.1. The van der Waals surface area contributed by atoms with E-state index in [-0.39, 0.29) is 4.90 Å². The minimum absolute atomic E-state index is 0.0935. The third-order valence-electron chi connectivity index (χ3n) is 3.77. The van der Waals surface area contributed by atoms with Crippen LogP contribution in [0.15, 0.2) is 41.6 Å². The summed E-state index contributed by atoms with van der Waals surface area (Å²) in [6, 6.07) is 6.37. The molecule has 0 atom stereocenters. The van der Waals surface area contributed by atoms with Crippen molar-refractivity contribution in [3.8, 4) is 11.1 Å². The Balaban J connectivity index is 1.80. The van der Waals surface area contributed by atoms with E-state index < -0.39 is 10.0 Å². The zero-order chi connectivity index (χ0) is 15.6. The van der Waals surface area contributed by atoms with Crippen LogP contribution in [-0.2, 0) is 14.8 Å². The summed E-state index contributed by atoms with van der Waals surface area (Å²) in [7, 11) is -3.67. The number of sulfonamides is 1. The maximum absolute atomic E-state index is 11.2. The van der Waals surface area contributed by atoms with Crippen LogP contribution in [-0.4, -0.2) is 31.6 Å². The van der Waals surface area contributed by atoms with E-state index >= 15 is 0 Å². The average molecular weight is 319 g/mol. The van der Waals surface area contributed by atoms with Crippen molar-refractivity contribution in [2.24, 2.45) is 5.14 Å². The van der Waals surface area contributed by atoms with Crippen LogP contribution in [0.1, 0.15) is 24.6 Å². The molecule has 1 aromatic carbocycles. The predicted molar refractivity (Wildman–Crippen MR) is 81.6 cm³/mol. The van der Waals surface area contributed by atoms with Crippen molar-refractivity contribution < 1.29 is 13.2 Å². The van der Waals surface area contributed by atoms with E-state index in [1.54, 1.807) is 24.5 Å². The maximum atomic E-state index is 11.2.